The van der Waals surface area contributed by atoms with Crippen molar-refractivity contribution in [1.82, 2.24) is 0 Å². The van der Waals surface area contributed by atoms with Gasteiger partial charge < -0.3 is 10.6 Å². The van der Waals surface area contributed by atoms with Gasteiger partial charge in [-0.15, -0.1) is 0 Å². The van der Waals surface area contributed by atoms with Crippen LogP contribution in [0.3, 0.4) is 0 Å². The summed E-state index contributed by atoms with van der Waals surface area (Å²) in [6.45, 7) is 0.602. The molecule has 1 saturated carbocycles. The maximum Gasteiger partial charge on any atom is 0.0380 e. The molecule has 2 nitrogen and oxygen atoms in total. The van der Waals surface area contributed by atoms with E-state index in [9.17, 15) is 0 Å². The molecular formula is C13H19BrN2. The molecule has 2 N–H and O–H groups in total. The Morgan fingerprint density at radius 3 is 2.62 bits per heavy atom. The highest BCUT2D eigenvalue weighted by Crippen LogP contribution is 2.29. The second-order valence-corrected chi connectivity index (χ2v) is 5.49. The first kappa shape index (κ1) is 11.9. The summed E-state index contributed by atoms with van der Waals surface area (Å²) >= 11 is 3.55. The topological polar surface area (TPSA) is 29.3 Å². The monoisotopic (exact) mass is 282 g/mol. The fourth-order valence-corrected chi connectivity index (χ4v) is 2.99. The predicted octanol–water partition coefficient (Wildman–Crippen LogP) is 3.29. The molecular weight excluding hydrogens is 264 g/mol. The summed E-state index contributed by atoms with van der Waals surface area (Å²) in [6.07, 6.45) is 5.38. The highest BCUT2D eigenvalue weighted by molar-refractivity contribution is 9.10. The van der Waals surface area contributed by atoms with Gasteiger partial charge in [0.2, 0.25) is 0 Å². The van der Waals surface area contributed by atoms with E-state index >= 15 is 0 Å². The zero-order valence-corrected chi connectivity index (χ0v) is 11.3. The lowest BCUT2D eigenvalue weighted by atomic mass is 10.1. The lowest BCUT2D eigenvalue weighted by Crippen LogP contribution is -2.28. The van der Waals surface area contributed by atoms with Crippen molar-refractivity contribution in [1.29, 1.82) is 0 Å². The Morgan fingerprint density at radius 2 is 2.00 bits per heavy atom. The van der Waals surface area contributed by atoms with Crippen molar-refractivity contribution in [2.45, 2.75) is 38.3 Å². The zero-order valence-electron chi connectivity index (χ0n) is 9.75. The Bertz CT molecular complexity index is 359. The molecule has 1 aliphatic rings. The molecule has 3 heteroatoms. The number of hydrogen-bond donors (Lipinski definition) is 1. The van der Waals surface area contributed by atoms with Crippen LogP contribution in [0.5, 0.6) is 0 Å². The molecule has 1 fully saturated rings. The SMILES string of the molecule is CN(c1cc(Br)cc(CN)c1)C1CCCC1. The van der Waals surface area contributed by atoms with Crippen LogP contribution in [0.25, 0.3) is 0 Å². The van der Waals surface area contributed by atoms with Gasteiger partial charge in [0, 0.05) is 29.8 Å². The van der Waals surface area contributed by atoms with E-state index in [0.29, 0.717) is 12.6 Å². The van der Waals surface area contributed by atoms with Gasteiger partial charge in [-0.1, -0.05) is 28.8 Å². The van der Waals surface area contributed by atoms with Crippen molar-refractivity contribution in [3.05, 3.63) is 28.2 Å². The Morgan fingerprint density at radius 1 is 1.31 bits per heavy atom. The summed E-state index contributed by atoms with van der Waals surface area (Å²) in [5, 5.41) is 0. The lowest BCUT2D eigenvalue weighted by Gasteiger charge is -2.27. The van der Waals surface area contributed by atoms with Crippen LogP contribution in [-0.2, 0) is 6.54 Å². The van der Waals surface area contributed by atoms with Crippen LogP contribution in [0, 0.1) is 0 Å². The molecule has 0 unspecified atom stereocenters. The third-order valence-electron chi connectivity index (χ3n) is 3.46. The molecule has 0 bridgehead atoms. The minimum atomic E-state index is 0.602. The van der Waals surface area contributed by atoms with Gasteiger partial charge in [0.1, 0.15) is 0 Å². The van der Waals surface area contributed by atoms with Gasteiger partial charge in [-0.25, -0.2) is 0 Å². The molecule has 0 heterocycles. The van der Waals surface area contributed by atoms with Crippen LogP contribution >= 0.6 is 15.9 Å². The zero-order chi connectivity index (χ0) is 11.5. The van der Waals surface area contributed by atoms with Crippen molar-refractivity contribution in [3.63, 3.8) is 0 Å². The molecule has 2 rings (SSSR count). The number of hydrogen-bond acceptors (Lipinski definition) is 2. The van der Waals surface area contributed by atoms with E-state index in [1.165, 1.54) is 36.9 Å². The van der Waals surface area contributed by atoms with E-state index in [-0.39, 0.29) is 0 Å². The predicted molar refractivity (Wildman–Crippen MR) is 72.7 cm³/mol. The molecule has 1 aromatic rings. The number of halogens is 1. The first-order valence-electron chi connectivity index (χ1n) is 5.93. The van der Waals surface area contributed by atoms with Crippen molar-refractivity contribution < 1.29 is 0 Å². The molecule has 0 radical (unpaired) electrons. The fourth-order valence-electron chi connectivity index (χ4n) is 2.46. The van der Waals surface area contributed by atoms with Crippen molar-refractivity contribution in [2.24, 2.45) is 5.73 Å². The summed E-state index contributed by atoms with van der Waals surface area (Å²) in [6, 6.07) is 7.17. The van der Waals surface area contributed by atoms with Gasteiger partial charge in [-0.05, 0) is 36.6 Å². The number of nitrogens with two attached hydrogens (primary N) is 1. The molecule has 0 amide bonds. The van der Waals surface area contributed by atoms with E-state index in [2.05, 4.69) is 46.1 Å². The molecule has 1 aromatic carbocycles. The molecule has 0 aromatic heterocycles. The minimum absolute atomic E-state index is 0.602. The number of rotatable bonds is 3. The third-order valence-corrected chi connectivity index (χ3v) is 3.92. The standard InChI is InChI=1S/C13H19BrN2/c1-16(12-4-2-3-5-12)13-7-10(9-15)6-11(14)8-13/h6-8,12H,2-5,9,15H2,1H3. The highest BCUT2D eigenvalue weighted by atomic mass is 79.9. The summed E-state index contributed by atoms with van der Waals surface area (Å²) in [5.41, 5.74) is 8.17. The van der Waals surface area contributed by atoms with Crippen LogP contribution in [0.4, 0.5) is 5.69 Å². The Labute approximate surface area is 106 Å². The quantitative estimate of drug-likeness (QED) is 0.922. The van der Waals surface area contributed by atoms with Gasteiger partial charge in [-0.3, -0.25) is 0 Å². The normalized spacial score (nSPS) is 16.7. The second kappa shape index (κ2) is 5.19. The maximum absolute atomic E-state index is 5.70. The first-order valence-corrected chi connectivity index (χ1v) is 6.72. The first-order chi connectivity index (χ1) is 7.70. The van der Waals surface area contributed by atoms with Gasteiger partial charge in [0.05, 0.1) is 0 Å². The van der Waals surface area contributed by atoms with E-state index in [0.717, 1.165) is 4.47 Å². The average Bonchev–Trinajstić information content (AvgIpc) is 2.80. The third kappa shape index (κ3) is 2.58. The van der Waals surface area contributed by atoms with Crippen LogP contribution in [0.1, 0.15) is 31.2 Å². The van der Waals surface area contributed by atoms with Crippen LogP contribution < -0.4 is 10.6 Å². The van der Waals surface area contributed by atoms with Crippen LogP contribution in [0.2, 0.25) is 0 Å². The van der Waals surface area contributed by atoms with Crippen molar-refractivity contribution in [3.8, 4) is 0 Å². The Kier molecular flexibility index (Phi) is 3.87. The summed E-state index contributed by atoms with van der Waals surface area (Å²) in [7, 11) is 2.19. The largest absolute Gasteiger partial charge is 0.372 e. The Balaban J connectivity index is 2.21. The van der Waals surface area contributed by atoms with Gasteiger partial charge in [-0.2, -0.15) is 0 Å². The molecule has 0 spiro atoms. The average molecular weight is 283 g/mol. The molecule has 16 heavy (non-hydrogen) atoms. The fraction of sp³-hybridized carbons (Fsp3) is 0.538. The minimum Gasteiger partial charge on any atom is -0.372 e. The number of nitrogens with zero attached hydrogens (tertiary/aromatic N) is 1. The lowest BCUT2D eigenvalue weighted by molar-refractivity contribution is 0.653. The van der Waals surface area contributed by atoms with E-state index < -0.39 is 0 Å². The summed E-state index contributed by atoms with van der Waals surface area (Å²) in [4.78, 5) is 2.40. The Hall–Kier alpha value is -0.540. The van der Waals surface area contributed by atoms with Gasteiger partial charge in [0.25, 0.3) is 0 Å². The van der Waals surface area contributed by atoms with Crippen LogP contribution in [-0.4, -0.2) is 13.1 Å². The molecule has 88 valence electrons. The smallest absolute Gasteiger partial charge is 0.0380 e. The second-order valence-electron chi connectivity index (χ2n) is 4.57. The van der Waals surface area contributed by atoms with Gasteiger partial charge >= 0.3 is 0 Å². The summed E-state index contributed by atoms with van der Waals surface area (Å²) < 4.78 is 1.12. The van der Waals surface area contributed by atoms with Crippen LogP contribution in [0.15, 0.2) is 22.7 Å². The van der Waals surface area contributed by atoms with Crippen molar-refractivity contribution in [2.75, 3.05) is 11.9 Å². The molecule has 0 atom stereocenters. The summed E-state index contributed by atoms with van der Waals surface area (Å²) in [5.74, 6) is 0. The molecule has 0 aliphatic heterocycles. The highest BCUT2D eigenvalue weighted by Gasteiger charge is 2.20. The van der Waals surface area contributed by atoms with E-state index in [1.807, 2.05) is 0 Å². The maximum atomic E-state index is 5.70. The number of benzene rings is 1. The molecule has 0 saturated heterocycles. The van der Waals surface area contributed by atoms with E-state index in [4.69, 9.17) is 5.73 Å². The molecule has 1 aliphatic carbocycles. The van der Waals surface area contributed by atoms with Crippen molar-refractivity contribution >= 4 is 21.6 Å². The number of anilines is 1. The van der Waals surface area contributed by atoms with E-state index in [1.54, 1.807) is 0 Å². The van der Waals surface area contributed by atoms with Gasteiger partial charge in [0.15, 0.2) is 0 Å².